The average Bonchev–Trinajstić information content (AvgIpc) is 3.23. The minimum Gasteiger partial charge on any atom is -0.462 e. The van der Waals surface area contributed by atoms with Crippen molar-refractivity contribution in [2.45, 2.75) is 18.5 Å². The second-order valence-corrected chi connectivity index (χ2v) is 8.26. The molecule has 2 heterocycles. The zero-order valence-corrected chi connectivity index (χ0v) is 19.1. The van der Waals surface area contributed by atoms with Crippen LogP contribution in [0.25, 0.3) is 11.2 Å². The first-order valence-corrected chi connectivity index (χ1v) is 11.4. The molecule has 1 amide bonds. The van der Waals surface area contributed by atoms with E-state index >= 15 is 0 Å². The molecule has 0 atom stereocenters. The second-order valence-electron chi connectivity index (χ2n) is 6.86. The number of esters is 1. The Labute approximate surface area is 198 Å². The number of nitrogens with one attached hydrogen (secondary N) is 1. The summed E-state index contributed by atoms with van der Waals surface area (Å²) in [6.07, 6.45) is 1.43. The van der Waals surface area contributed by atoms with Crippen molar-refractivity contribution in [2.24, 2.45) is 0 Å². The molecule has 0 unspecified atom stereocenters. The lowest BCUT2D eigenvalue weighted by Gasteiger charge is -2.06. The second kappa shape index (κ2) is 10.4. The van der Waals surface area contributed by atoms with Gasteiger partial charge in [-0.1, -0.05) is 40.7 Å². The van der Waals surface area contributed by atoms with E-state index in [2.05, 4.69) is 25.6 Å². The van der Waals surface area contributed by atoms with Gasteiger partial charge in [0, 0.05) is 10.7 Å². The van der Waals surface area contributed by atoms with Gasteiger partial charge in [-0.3, -0.25) is 4.79 Å². The molecule has 0 radical (unpaired) electrons. The van der Waals surface area contributed by atoms with Crippen LogP contribution in [-0.4, -0.2) is 49.2 Å². The smallest absolute Gasteiger partial charge is 0.338 e. The third-order valence-corrected chi connectivity index (χ3v) is 5.76. The van der Waals surface area contributed by atoms with Gasteiger partial charge in [0.1, 0.15) is 11.4 Å². The fourth-order valence-electron chi connectivity index (χ4n) is 2.98. The van der Waals surface area contributed by atoms with Gasteiger partial charge in [-0.15, -0.1) is 5.10 Å². The van der Waals surface area contributed by atoms with Crippen LogP contribution < -0.4 is 5.32 Å². The lowest BCUT2D eigenvalue weighted by molar-refractivity contribution is -0.113. The van der Waals surface area contributed by atoms with Crippen LogP contribution in [0.2, 0.25) is 5.02 Å². The average molecular weight is 483 g/mol. The normalized spacial score (nSPS) is 10.8. The van der Waals surface area contributed by atoms with E-state index in [0.29, 0.717) is 45.6 Å². The highest BCUT2D eigenvalue weighted by atomic mass is 35.5. The quantitative estimate of drug-likeness (QED) is 0.229. The van der Waals surface area contributed by atoms with E-state index in [4.69, 9.17) is 16.3 Å². The monoisotopic (exact) mass is 482 g/mol. The molecule has 168 valence electrons. The zero-order chi connectivity index (χ0) is 23.2. The van der Waals surface area contributed by atoms with Gasteiger partial charge in [0.25, 0.3) is 0 Å². The van der Waals surface area contributed by atoms with Gasteiger partial charge >= 0.3 is 5.97 Å². The summed E-state index contributed by atoms with van der Waals surface area (Å²) in [6.45, 7) is 2.53. The predicted molar refractivity (Wildman–Crippen MR) is 125 cm³/mol. The minimum atomic E-state index is -0.400. The largest absolute Gasteiger partial charge is 0.462 e. The molecule has 11 heteroatoms. The highest BCUT2D eigenvalue weighted by molar-refractivity contribution is 8.00. The van der Waals surface area contributed by atoms with Crippen LogP contribution in [0.3, 0.4) is 0 Å². The van der Waals surface area contributed by atoms with Crippen molar-refractivity contribution in [3.05, 3.63) is 71.0 Å². The fraction of sp³-hybridized carbons (Fsp3) is 0.182. The number of hydrogen-bond acceptors (Lipinski definition) is 8. The number of aromatic nitrogens is 5. The SMILES string of the molecule is CCOC(=O)c1ccc(NC(=O)CSc2ncnc3c2nnn3Cc2ccc(Cl)cc2)cc1. The van der Waals surface area contributed by atoms with Gasteiger partial charge in [0.05, 0.1) is 24.5 Å². The van der Waals surface area contributed by atoms with E-state index in [1.807, 2.05) is 24.3 Å². The molecular weight excluding hydrogens is 464 g/mol. The minimum absolute atomic E-state index is 0.121. The molecule has 0 bridgehead atoms. The van der Waals surface area contributed by atoms with Crippen molar-refractivity contribution < 1.29 is 14.3 Å². The molecule has 0 aliphatic heterocycles. The van der Waals surface area contributed by atoms with E-state index < -0.39 is 5.97 Å². The lowest BCUT2D eigenvalue weighted by Crippen LogP contribution is -2.14. The van der Waals surface area contributed by atoms with Crippen LogP contribution in [0.1, 0.15) is 22.8 Å². The Hall–Kier alpha value is -3.50. The van der Waals surface area contributed by atoms with Gasteiger partial charge in [-0.25, -0.2) is 19.4 Å². The Kier molecular flexibility index (Phi) is 7.16. The van der Waals surface area contributed by atoms with Crippen molar-refractivity contribution in [1.82, 2.24) is 25.0 Å². The first kappa shape index (κ1) is 22.7. The first-order valence-electron chi connectivity index (χ1n) is 10.0. The molecule has 0 aliphatic rings. The van der Waals surface area contributed by atoms with Gasteiger partial charge in [0.2, 0.25) is 5.91 Å². The Balaban J connectivity index is 1.39. The molecule has 0 spiro atoms. The molecule has 1 N–H and O–H groups in total. The summed E-state index contributed by atoms with van der Waals surface area (Å²) in [4.78, 5) is 32.7. The van der Waals surface area contributed by atoms with Crippen molar-refractivity contribution in [3.8, 4) is 0 Å². The Morgan fingerprint density at radius 3 is 2.58 bits per heavy atom. The molecule has 0 fully saturated rings. The maximum atomic E-state index is 12.4. The summed E-state index contributed by atoms with van der Waals surface area (Å²) in [5.41, 5.74) is 3.12. The van der Waals surface area contributed by atoms with Gasteiger partial charge in [-0.05, 0) is 48.9 Å². The molecule has 33 heavy (non-hydrogen) atoms. The molecule has 0 saturated carbocycles. The third kappa shape index (κ3) is 5.65. The Morgan fingerprint density at radius 2 is 1.85 bits per heavy atom. The molecule has 0 aliphatic carbocycles. The number of rotatable bonds is 8. The number of carbonyl (C=O) groups is 2. The van der Waals surface area contributed by atoms with Crippen LogP contribution >= 0.6 is 23.4 Å². The number of halogens is 1. The van der Waals surface area contributed by atoms with Crippen LogP contribution in [0.15, 0.2) is 59.9 Å². The van der Waals surface area contributed by atoms with Gasteiger partial charge in [0.15, 0.2) is 11.2 Å². The molecule has 9 nitrogen and oxygen atoms in total. The predicted octanol–water partition coefficient (Wildman–Crippen LogP) is 3.83. The van der Waals surface area contributed by atoms with E-state index in [0.717, 1.165) is 5.56 Å². The van der Waals surface area contributed by atoms with E-state index in [1.165, 1.54) is 18.1 Å². The number of carbonyl (C=O) groups excluding carboxylic acids is 2. The van der Waals surface area contributed by atoms with E-state index in [1.54, 1.807) is 35.9 Å². The Morgan fingerprint density at radius 1 is 1.09 bits per heavy atom. The maximum Gasteiger partial charge on any atom is 0.338 e. The summed E-state index contributed by atoms with van der Waals surface area (Å²) < 4.78 is 6.63. The fourth-order valence-corrected chi connectivity index (χ4v) is 3.84. The summed E-state index contributed by atoms with van der Waals surface area (Å²) in [5, 5.41) is 12.4. The first-order chi connectivity index (χ1) is 16.0. The van der Waals surface area contributed by atoms with Crippen LogP contribution in [0.4, 0.5) is 5.69 Å². The van der Waals surface area contributed by atoms with Crippen molar-refractivity contribution in [1.29, 1.82) is 0 Å². The van der Waals surface area contributed by atoms with Crippen LogP contribution in [-0.2, 0) is 16.1 Å². The number of ether oxygens (including phenoxy) is 1. The third-order valence-electron chi connectivity index (χ3n) is 4.53. The lowest BCUT2D eigenvalue weighted by atomic mass is 10.2. The van der Waals surface area contributed by atoms with Crippen molar-refractivity contribution in [3.63, 3.8) is 0 Å². The topological polar surface area (TPSA) is 112 Å². The molecule has 2 aromatic carbocycles. The molecule has 4 aromatic rings. The highest BCUT2D eigenvalue weighted by Crippen LogP contribution is 2.23. The Bertz CT molecular complexity index is 1280. The summed E-state index contributed by atoms with van der Waals surface area (Å²) in [7, 11) is 0. The van der Waals surface area contributed by atoms with Crippen LogP contribution in [0.5, 0.6) is 0 Å². The van der Waals surface area contributed by atoms with E-state index in [9.17, 15) is 9.59 Å². The summed E-state index contributed by atoms with van der Waals surface area (Å²) in [6, 6.07) is 14.0. The zero-order valence-electron chi connectivity index (χ0n) is 17.6. The summed E-state index contributed by atoms with van der Waals surface area (Å²) in [5.74, 6) is -0.498. The van der Waals surface area contributed by atoms with Crippen LogP contribution in [0, 0.1) is 0 Å². The maximum absolute atomic E-state index is 12.4. The molecule has 4 rings (SSSR count). The molecular formula is C22H19ClN6O3S. The standard InChI is InChI=1S/C22H19ClN6O3S/c1-2-32-22(31)15-5-9-17(10-6-15)26-18(30)12-33-21-19-20(24-13-25-21)29(28-27-19)11-14-3-7-16(23)8-4-14/h3-10,13H,2,11-12H2,1H3,(H,26,30). The number of hydrogen-bond donors (Lipinski definition) is 1. The van der Waals surface area contributed by atoms with Gasteiger partial charge in [-0.2, -0.15) is 0 Å². The number of fused-ring (bicyclic) bond motifs is 1. The number of anilines is 1. The number of thioether (sulfide) groups is 1. The number of benzene rings is 2. The molecule has 2 aromatic heterocycles. The highest BCUT2D eigenvalue weighted by Gasteiger charge is 2.14. The van der Waals surface area contributed by atoms with Crippen molar-refractivity contribution >= 4 is 52.1 Å². The molecule has 0 saturated heterocycles. The van der Waals surface area contributed by atoms with E-state index in [-0.39, 0.29) is 11.7 Å². The number of nitrogens with zero attached hydrogens (tertiary/aromatic N) is 5. The van der Waals surface area contributed by atoms with Gasteiger partial charge < -0.3 is 10.1 Å². The summed E-state index contributed by atoms with van der Waals surface area (Å²) >= 11 is 7.19. The van der Waals surface area contributed by atoms with Crippen molar-refractivity contribution in [2.75, 3.05) is 17.7 Å². The number of amides is 1.